The van der Waals surface area contributed by atoms with Crippen molar-refractivity contribution >= 4 is 5.91 Å². The van der Waals surface area contributed by atoms with Gasteiger partial charge in [0.05, 0.1) is 12.8 Å². The zero-order valence-corrected chi connectivity index (χ0v) is 11.9. The zero-order chi connectivity index (χ0) is 15.4. The van der Waals surface area contributed by atoms with E-state index in [2.05, 4.69) is 10.3 Å². The molecule has 0 saturated carbocycles. The van der Waals surface area contributed by atoms with Crippen LogP contribution in [0.3, 0.4) is 0 Å². The monoisotopic (exact) mass is 291 g/mol. The minimum atomic E-state index is -0.642. The molecule has 2 rings (SSSR count). The molecule has 0 saturated heterocycles. The van der Waals surface area contributed by atoms with Crippen molar-refractivity contribution in [1.29, 1.82) is 0 Å². The van der Waals surface area contributed by atoms with E-state index in [0.717, 1.165) is 10.8 Å². The van der Waals surface area contributed by atoms with Crippen molar-refractivity contribution in [1.82, 2.24) is 14.9 Å². The predicted octanol–water partition coefficient (Wildman–Crippen LogP) is 0.564. The number of hydrogen-bond acceptors (Lipinski definition) is 4. The first kappa shape index (κ1) is 14.8. The Morgan fingerprint density at radius 2 is 2.19 bits per heavy atom. The summed E-state index contributed by atoms with van der Waals surface area (Å²) in [4.78, 5) is 38.3. The fourth-order valence-electron chi connectivity index (χ4n) is 1.77. The number of carbonyl (C=O) groups is 1. The second-order valence-electron chi connectivity index (χ2n) is 5.08. The first-order valence-electron chi connectivity index (χ1n) is 6.62. The van der Waals surface area contributed by atoms with E-state index in [1.165, 1.54) is 6.26 Å². The molecule has 0 bridgehead atoms. The summed E-state index contributed by atoms with van der Waals surface area (Å²) < 4.78 is 6.05. The van der Waals surface area contributed by atoms with E-state index in [4.69, 9.17) is 4.42 Å². The molecule has 0 aromatic carbocycles. The normalized spacial score (nSPS) is 10.8. The quantitative estimate of drug-likeness (QED) is 0.841. The standard InChI is InChI=1S/C14H17N3O4/c1-9(2)6-15-12(18)11-7-16-14(20)17(13(11)19)8-10-4-3-5-21-10/h3-5,7,9H,6,8H2,1-2H3,(H,15,18)(H,16,20). The summed E-state index contributed by atoms with van der Waals surface area (Å²) in [5.41, 5.74) is -1.32. The molecular formula is C14H17N3O4. The molecule has 0 aliphatic carbocycles. The molecule has 2 N–H and O–H groups in total. The van der Waals surface area contributed by atoms with E-state index in [1.807, 2.05) is 13.8 Å². The number of aromatic nitrogens is 2. The van der Waals surface area contributed by atoms with Crippen molar-refractivity contribution in [2.45, 2.75) is 20.4 Å². The Hall–Kier alpha value is -2.57. The van der Waals surface area contributed by atoms with Gasteiger partial charge in [0.15, 0.2) is 0 Å². The number of rotatable bonds is 5. The van der Waals surface area contributed by atoms with Gasteiger partial charge in [0.25, 0.3) is 11.5 Å². The van der Waals surface area contributed by atoms with Crippen molar-refractivity contribution in [3.05, 3.63) is 56.8 Å². The lowest BCUT2D eigenvalue weighted by atomic mass is 10.2. The van der Waals surface area contributed by atoms with Crippen molar-refractivity contribution < 1.29 is 9.21 Å². The van der Waals surface area contributed by atoms with Gasteiger partial charge in [-0.1, -0.05) is 13.8 Å². The predicted molar refractivity (Wildman–Crippen MR) is 76.3 cm³/mol. The topological polar surface area (TPSA) is 97.1 Å². The van der Waals surface area contributed by atoms with Crippen LogP contribution in [0, 0.1) is 5.92 Å². The van der Waals surface area contributed by atoms with Crippen molar-refractivity contribution in [2.75, 3.05) is 6.54 Å². The molecule has 0 fully saturated rings. The number of carbonyl (C=O) groups excluding carboxylic acids is 1. The number of aromatic amines is 1. The summed E-state index contributed by atoms with van der Waals surface area (Å²) in [7, 11) is 0. The maximum absolute atomic E-state index is 12.2. The lowest BCUT2D eigenvalue weighted by molar-refractivity contribution is 0.0946. The van der Waals surface area contributed by atoms with Crippen LogP contribution in [0.1, 0.15) is 30.0 Å². The fourth-order valence-corrected chi connectivity index (χ4v) is 1.77. The van der Waals surface area contributed by atoms with Gasteiger partial charge in [0.2, 0.25) is 0 Å². The molecule has 2 heterocycles. The van der Waals surface area contributed by atoms with Gasteiger partial charge in [0, 0.05) is 12.7 Å². The second kappa shape index (κ2) is 6.25. The summed E-state index contributed by atoms with van der Waals surface area (Å²) in [6, 6.07) is 3.31. The Labute approximate surface area is 120 Å². The van der Waals surface area contributed by atoms with Crippen LogP contribution in [0.2, 0.25) is 0 Å². The fraction of sp³-hybridized carbons (Fsp3) is 0.357. The smallest absolute Gasteiger partial charge is 0.328 e. The Kier molecular flexibility index (Phi) is 4.42. The first-order chi connectivity index (χ1) is 9.99. The van der Waals surface area contributed by atoms with Crippen LogP contribution < -0.4 is 16.6 Å². The molecule has 0 spiro atoms. The average molecular weight is 291 g/mol. The van der Waals surface area contributed by atoms with Crippen molar-refractivity contribution in [3.63, 3.8) is 0 Å². The van der Waals surface area contributed by atoms with Crippen LogP contribution in [-0.4, -0.2) is 22.0 Å². The summed E-state index contributed by atoms with van der Waals surface area (Å²) in [6.07, 6.45) is 2.59. The van der Waals surface area contributed by atoms with Crippen molar-refractivity contribution in [3.8, 4) is 0 Å². The third kappa shape index (κ3) is 3.50. The summed E-state index contributed by atoms with van der Waals surface area (Å²) in [5, 5.41) is 2.65. The van der Waals surface area contributed by atoms with E-state index in [1.54, 1.807) is 12.1 Å². The lowest BCUT2D eigenvalue weighted by Gasteiger charge is -2.08. The van der Waals surface area contributed by atoms with Gasteiger partial charge in [0.1, 0.15) is 11.3 Å². The number of nitrogens with one attached hydrogen (secondary N) is 2. The molecular weight excluding hydrogens is 274 g/mol. The highest BCUT2D eigenvalue weighted by molar-refractivity contribution is 5.93. The highest BCUT2D eigenvalue weighted by atomic mass is 16.3. The van der Waals surface area contributed by atoms with Crippen LogP contribution >= 0.6 is 0 Å². The average Bonchev–Trinajstić information content (AvgIpc) is 2.94. The second-order valence-corrected chi connectivity index (χ2v) is 5.08. The van der Waals surface area contributed by atoms with Crippen LogP contribution in [0.4, 0.5) is 0 Å². The van der Waals surface area contributed by atoms with Crippen LogP contribution in [0.15, 0.2) is 38.6 Å². The van der Waals surface area contributed by atoms with Gasteiger partial charge in [-0.2, -0.15) is 0 Å². The molecule has 21 heavy (non-hydrogen) atoms. The van der Waals surface area contributed by atoms with E-state index >= 15 is 0 Å². The molecule has 0 atom stereocenters. The van der Waals surface area contributed by atoms with Gasteiger partial charge in [-0.3, -0.25) is 14.2 Å². The third-order valence-electron chi connectivity index (χ3n) is 2.87. The highest BCUT2D eigenvalue weighted by Crippen LogP contribution is 2.00. The van der Waals surface area contributed by atoms with Crippen molar-refractivity contribution in [2.24, 2.45) is 5.92 Å². The SMILES string of the molecule is CC(C)CNC(=O)c1c[nH]c(=O)n(Cc2ccco2)c1=O. The number of H-pyrrole nitrogens is 1. The zero-order valence-electron chi connectivity index (χ0n) is 11.9. The Bertz CT molecular complexity index is 725. The molecule has 7 heteroatoms. The summed E-state index contributed by atoms with van der Waals surface area (Å²) >= 11 is 0. The molecule has 2 aromatic rings. The third-order valence-corrected chi connectivity index (χ3v) is 2.87. The first-order valence-corrected chi connectivity index (χ1v) is 6.62. The number of furan rings is 1. The van der Waals surface area contributed by atoms with E-state index in [0.29, 0.717) is 12.3 Å². The summed E-state index contributed by atoms with van der Waals surface area (Å²) in [6.45, 7) is 4.33. The van der Waals surface area contributed by atoms with E-state index in [9.17, 15) is 14.4 Å². The Balaban J connectivity index is 2.30. The van der Waals surface area contributed by atoms with Crippen LogP contribution in [0.5, 0.6) is 0 Å². The summed E-state index contributed by atoms with van der Waals surface area (Å²) in [5.74, 6) is 0.225. The lowest BCUT2D eigenvalue weighted by Crippen LogP contribution is -2.41. The van der Waals surface area contributed by atoms with E-state index in [-0.39, 0.29) is 18.0 Å². The number of nitrogens with zero attached hydrogens (tertiary/aromatic N) is 1. The highest BCUT2D eigenvalue weighted by Gasteiger charge is 2.15. The number of amides is 1. The minimum absolute atomic E-state index is 0.0214. The van der Waals surface area contributed by atoms with Gasteiger partial charge >= 0.3 is 5.69 Å². The maximum Gasteiger partial charge on any atom is 0.328 e. The Morgan fingerprint density at radius 3 is 2.81 bits per heavy atom. The van der Waals surface area contributed by atoms with Crippen LogP contribution in [-0.2, 0) is 6.54 Å². The van der Waals surface area contributed by atoms with Gasteiger partial charge < -0.3 is 14.7 Å². The maximum atomic E-state index is 12.2. The molecule has 2 aromatic heterocycles. The van der Waals surface area contributed by atoms with Gasteiger partial charge in [-0.05, 0) is 18.1 Å². The molecule has 1 amide bonds. The van der Waals surface area contributed by atoms with Gasteiger partial charge in [-0.15, -0.1) is 0 Å². The van der Waals surface area contributed by atoms with E-state index < -0.39 is 17.2 Å². The molecule has 0 unspecified atom stereocenters. The molecule has 0 radical (unpaired) electrons. The molecule has 0 aliphatic heterocycles. The largest absolute Gasteiger partial charge is 0.467 e. The molecule has 7 nitrogen and oxygen atoms in total. The molecule has 0 aliphatic rings. The number of hydrogen-bond donors (Lipinski definition) is 2. The molecule has 112 valence electrons. The Morgan fingerprint density at radius 1 is 1.43 bits per heavy atom. The van der Waals surface area contributed by atoms with Crippen LogP contribution in [0.25, 0.3) is 0 Å². The minimum Gasteiger partial charge on any atom is -0.467 e. The van der Waals surface area contributed by atoms with Gasteiger partial charge in [-0.25, -0.2) is 4.79 Å².